The van der Waals surface area contributed by atoms with E-state index in [1.807, 2.05) is 0 Å². The van der Waals surface area contributed by atoms with Crippen molar-refractivity contribution in [2.45, 2.75) is 12.8 Å². The lowest BCUT2D eigenvalue weighted by Crippen LogP contribution is -2.29. The molecule has 0 aliphatic carbocycles. The van der Waals surface area contributed by atoms with Gasteiger partial charge in [-0.2, -0.15) is 0 Å². The van der Waals surface area contributed by atoms with Crippen LogP contribution in [0.15, 0.2) is 39.7 Å². The first-order chi connectivity index (χ1) is 12.8. The topological polar surface area (TPSA) is 70.8 Å². The third-order valence-electron chi connectivity index (χ3n) is 3.74. The molecule has 0 bridgehead atoms. The Balaban J connectivity index is 1.75. The molecule has 0 atom stereocenters. The molecule has 1 saturated heterocycles. The van der Waals surface area contributed by atoms with Crippen LogP contribution in [0.4, 0.5) is 0 Å². The first-order valence-corrected chi connectivity index (χ1v) is 9.85. The van der Waals surface area contributed by atoms with Crippen molar-refractivity contribution in [3.63, 3.8) is 0 Å². The van der Waals surface area contributed by atoms with Gasteiger partial charge in [-0.15, -0.1) is 0 Å². The standard InChI is InChI=1S/C18H13Cl2NO4S2/c19-10-3-5-12(13(20)8-10)14-6-4-11(25-14)9-15-17(24)21(18(26)27-15)7-1-2-16(22)23/h3-6,8-9H,1-2,7H2,(H,22,23)/b15-9-. The van der Waals surface area contributed by atoms with Crippen molar-refractivity contribution in [3.8, 4) is 11.3 Å². The molecule has 1 aliphatic heterocycles. The normalized spacial score (nSPS) is 15.8. The fraction of sp³-hybridized carbons (Fsp3) is 0.167. The van der Waals surface area contributed by atoms with Crippen molar-refractivity contribution in [3.05, 3.63) is 51.0 Å². The highest BCUT2D eigenvalue weighted by Gasteiger charge is 2.32. The molecule has 1 amide bonds. The maximum absolute atomic E-state index is 12.5. The Morgan fingerprint density at radius 3 is 2.78 bits per heavy atom. The van der Waals surface area contributed by atoms with Crippen LogP contribution in [0.5, 0.6) is 0 Å². The largest absolute Gasteiger partial charge is 0.481 e. The predicted octanol–water partition coefficient (Wildman–Crippen LogP) is 5.32. The number of hydrogen-bond donors (Lipinski definition) is 1. The van der Waals surface area contributed by atoms with Crippen LogP contribution in [0.2, 0.25) is 10.0 Å². The lowest BCUT2D eigenvalue weighted by atomic mass is 10.2. The quantitative estimate of drug-likeness (QED) is 0.483. The second-order valence-electron chi connectivity index (χ2n) is 5.66. The predicted molar refractivity (Wildman–Crippen MR) is 111 cm³/mol. The molecule has 1 aromatic carbocycles. The molecule has 1 N–H and O–H groups in total. The molecule has 9 heteroatoms. The van der Waals surface area contributed by atoms with Crippen molar-refractivity contribution in [1.82, 2.24) is 4.90 Å². The van der Waals surface area contributed by atoms with Crippen molar-refractivity contribution >= 4 is 69.5 Å². The van der Waals surface area contributed by atoms with E-state index in [0.717, 1.165) is 11.8 Å². The number of hydrogen-bond acceptors (Lipinski definition) is 5. The first kappa shape index (κ1) is 19.9. The number of nitrogens with zero attached hydrogens (tertiary/aromatic N) is 1. The Kier molecular flexibility index (Phi) is 6.26. The molecule has 1 aliphatic rings. The minimum atomic E-state index is -0.903. The van der Waals surface area contributed by atoms with Crippen molar-refractivity contribution < 1.29 is 19.1 Å². The third-order valence-corrected chi connectivity index (χ3v) is 5.67. The summed E-state index contributed by atoms with van der Waals surface area (Å²) < 4.78 is 6.18. The van der Waals surface area contributed by atoms with Gasteiger partial charge < -0.3 is 9.52 Å². The zero-order chi connectivity index (χ0) is 19.6. The molecule has 2 aromatic rings. The molecule has 1 aromatic heterocycles. The number of thioether (sulfide) groups is 1. The van der Waals surface area contributed by atoms with E-state index in [-0.39, 0.29) is 18.9 Å². The summed E-state index contributed by atoms with van der Waals surface area (Å²) in [7, 11) is 0. The molecule has 0 saturated carbocycles. The molecular weight excluding hydrogens is 429 g/mol. The van der Waals surface area contributed by atoms with Crippen LogP contribution in [0, 0.1) is 0 Å². The number of thiocarbonyl (C=S) groups is 1. The van der Waals surface area contributed by atoms with Crippen LogP contribution in [0.3, 0.4) is 0 Å². The van der Waals surface area contributed by atoms with Crippen LogP contribution in [0.1, 0.15) is 18.6 Å². The number of carbonyl (C=O) groups excluding carboxylic acids is 1. The van der Waals surface area contributed by atoms with Gasteiger partial charge in [-0.1, -0.05) is 47.2 Å². The van der Waals surface area contributed by atoms with Crippen molar-refractivity contribution in [2.75, 3.05) is 6.54 Å². The number of carboxylic acid groups (broad SMARTS) is 1. The summed E-state index contributed by atoms with van der Waals surface area (Å²) in [6, 6.07) is 8.59. The van der Waals surface area contributed by atoms with E-state index >= 15 is 0 Å². The zero-order valence-electron chi connectivity index (χ0n) is 13.8. The van der Waals surface area contributed by atoms with Gasteiger partial charge in [0, 0.05) is 29.6 Å². The highest BCUT2D eigenvalue weighted by Crippen LogP contribution is 2.35. The number of furan rings is 1. The lowest BCUT2D eigenvalue weighted by molar-refractivity contribution is -0.137. The molecule has 0 radical (unpaired) electrons. The maximum Gasteiger partial charge on any atom is 0.303 e. The second kappa shape index (κ2) is 8.48. The van der Waals surface area contributed by atoms with Crippen LogP contribution < -0.4 is 0 Å². The molecular formula is C18H13Cl2NO4S2. The van der Waals surface area contributed by atoms with Crippen LogP contribution in [-0.2, 0) is 9.59 Å². The van der Waals surface area contributed by atoms with Crippen LogP contribution in [-0.4, -0.2) is 32.7 Å². The molecule has 3 rings (SSSR count). The van der Waals surface area contributed by atoms with Crippen molar-refractivity contribution in [1.29, 1.82) is 0 Å². The Hall–Kier alpha value is -1.80. The SMILES string of the molecule is O=C(O)CCCN1C(=O)/C(=C/c2ccc(-c3ccc(Cl)cc3Cl)o2)SC1=S. The number of carbonyl (C=O) groups is 2. The highest BCUT2D eigenvalue weighted by molar-refractivity contribution is 8.26. The summed E-state index contributed by atoms with van der Waals surface area (Å²) >= 11 is 18.5. The van der Waals surface area contributed by atoms with Gasteiger partial charge in [0.05, 0.1) is 9.93 Å². The van der Waals surface area contributed by atoms with E-state index in [4.69, 9.17) is 44.9 Å². The van der Waals surface area contributed by atoms with E-state index in [2.05, 4.69) is 0 Å². The summed E-state index contributed by atoms with van der Waals surface area (Å²) in [6.45, 7) is 0.276. The number of carboxylic acids is 1. The van der Waals surface area contributed by atoms with E-state index in [1.54, 1.807) is 36.4 Å². The summed E-state index contributed by atoms with van der Waals surface area (Å²) in [6.07, 6.45) is 1.94. The highest BCUT2D eigenvalue weighted by atomic mass is 35.5. The Labute approximate surface area is 174 Å². The summed E-state index contributed by atoms with van der Waals surface area (Å²) in [5.41, 5.74) is 0.696. The maximum atomic E-state index is 12.5. The summed E-state index contributed by atoms with van der Waals surface area (Å²) in [4.78, 5) is 25.0. The molecule has 0 unspecified atom stereocenters. The van der Waals surface area contributed by atoms with E-state index < -0.39 is 5.97 Å². The van der Waals surface area contributed by atoms with Crippen LogP contribution >= 0.6 is 47.2 Å². The van der Waals surface area contributed by atoms with Gasteiger partial charge in [0.1, 0.15) is 15.8 Å². The average Bonchev–Trinajstić information content (AvgIpc) is 3.15. The van der Waals surface area contributed by atoms with E-state index in [0.29, 0.717) is 42.8 Å². The minimum Gasteiger partial charge on any atom is -0.481 e. The molecule has 0 spiro atoms. The second-order valence-corrected chi connectivity index (χ2v) is 8.18. The van der Waals surface area contributed by atoms with E-state index in [1.165, 1.54) is 4.90 Å². The van der Waals surface area contributed by atoms with Gasteiger partial charge in [-0.3, -0.25) is 14.5 Å². The third kappa shape index (κ3) is 4.73. The van der Waals surface area contributed by atoms with Gasteiger partial charge in [0.2, 0.25) is 0 Å². The smallest absolute Gasteiger partial charge is 0.303 e. The lowest BCUT2D eigenvalue weighted by Gasteiger charge is -2.13. The monoisotopic (exact) mass is 441 g/mol. The summed E-state index contributed by atoms with van der Waals surface area (Å²) in [5, 5.41) is 9.71. The fourth-order valence-electron chi connectivity index (χ4n) is 2.47. The molecule has 2 heterocycles. The van der Waals surface area contributed by atoms with E-state index in [9.17, 15) is 9.59 Å². The Morgan fingerprint density at radius 1 is 1.30 bits per heavy atom. The molecule has 140 valence electrons. The van der Waals surface area contributed by atoms with Gasteiger partial charge in [0.15, 0.2) is 0 Å². The van der Waals surface area contributed by atoms with Gasteiger partial charge in [-0.25, -0.2) is 0 Å². The number of amides is 1. The molecule has 1 fully saturated rings. The minimum absolute atomic E-state index is 0.0144. The fourth-order valence-corrected chi connectivity index (χ4v) is 4.27. The summed E-state index contributed by atoms with van der Waals surface area (Å²) in [5.74, 6) is -0.111. The Bertz CT molecular complexity index is 955. The number of rotatable bonds is 6. The van der Waals surface area contributed by atoms with Gasteiger partial charge in [-0.05, 0) is 36.8 Å². The molecule has 5 nitrogen and oxygen atoms in total. The zero-order valence-corrected chi connectivity index (χ0v) is 16.9. The van der Waals surface area contributed by atoms with Gasteiger partial charge >= 0.3 is 5.97 Å². The average molecular weight is 442 g/mol. The number of halogens is 2. The Morgan fingerprint density at radius 2 is 2.07 bits per heavy atom. The molecule has 27 heavy (non-hydrogen) atoms. The first-order valence-electron chi connectivity index (χ1n) is 7.87. The van der Waals surface area contributed by atoms with Gasteiger partial charge in [0.25, 0.3) is 5.91 Å². The number of aliphatic carboxylic acids is 1. The number of benzene rings is 1. The van der Waals surface area contributed by atoms with Crippen molar-refractivity contribution in [2.24, 2.45) is 0 Å². The van der Waals surface area contributed by atoms with Crippen LogP contribution in [0.25, 0.3) is 17.4 Å².